The highest BCUT2D eigenvalue weighted by atomic mass is 32.1. The minimum atomic E-state index is -0.319. The van der Waals surface area contributed by atoms with Gasteiger partial charge in [0.15, 0.2) is 5.13 Å². The van der Waals surface area contributed by atoms with Crippen molar-refractivity contribution < 1.29 is 19.1 Å². The Hall–Kier alpha value is -3.43. The quantitative estimate of drug-likeness (QED) is 0.432. The summed E-state index contributed by atoms with van der Waals surface area (Å²) in [6.45, 7) is 1.00. The molecule has 2 aromatic carbocycles. The first-order valence-electron chi connectivity index (χ1n) is 10.0. The number of amides is 2. The van der Waals surface area contributed by atoms with Crippen LogP contribution in [0.1, 0.15) is 16.1 Å². The molecule has 2 N–H and O–H groups in total. The molecule has 0 aliphatic rings. The van der Waals surface area contributed by atoms with Crippen LogP contribution in [0.5, 0.6) is 5.75 Å². The van der Waals surface area contributed by atoms with E-state index < -0.39 is 0 Å². The van der Waals surface area contributed by atoms with Crippen LogP contribution in [-0.2, 0) is 16.1 Å². The molecule has 2 amide bonds. The van der Waals surface area contributed by atoms with Gasteiger partial charge in [-0.3, -0.25) is 9.59 Å². The molecule has 0 saturated carbocycles. The molecule has 0 saturated heterocycles. The van der Waals surface area contributed by atoms with Crippen molar-refractivity contribution in [2.24, 2.45) is 0 Å². The van der Waals surface area contributed by atoms with Crippen LogP contribution in [0.15, 0.2) is 60.0 Å². The smallest absolute Gasteiger partial charge is 0.274 e. The van der Waals surface area contributed by atoms with Gasteiger partial charge in [-0.2, -0.15) is 0 Å². The van der Waals surface area contributed by atoms with Crippen LogP contribution in [0.25, 0.3) is 0 Å². The van der Waals surface area contributed by atoms with Crippen LogP contribution in [0.3, 0.4) is 0 Å². The van der Waals surface area contributed by atoms with E-state index in [4.69, 9.17) is 9.47 Å². The lowest BCUT2D eigenvalue weighted by atomic mass is 10.2. The van der Waals surface area contributed by atoms with Gasteiger partial charge in [-0.05, 0) is 17.7 Å². The highest BCUT2D eigenvalue weighted by Gasteiger charge is 2.22. The number of nitrogens with one attached hydrogen (secondary N) is 2. The number of nitrogens with zero attached hydrogens (tertiary/aromatic N) is 2. The Labute approximate surface area is 191 Å². The maximum Gasteiger partial charge on any atom is 0.274 e. The van der Waals surface area contributed by atoms with Crippen LogP contribution in [0, 0.1) is 0 Å². The molecule has 0 atom stereocenters. The molecule has 9 heteroatoms. The number of benzene rings is 2. The van der Waals surface area contributed by atoms with Crippen molar-refractivity contribution in [3.8, 4) is 5.75 Å². The van der Waals surface area contributed by atoms with Crippen molar-refractivity contribution in [2.45, 2.75) is 6.54 Å². The molecule has 1 heterocycles. The Kier molecular flexibility index (Phi) is 8.59. The fraction of sp³-hybridized carbons (Fsp3) is 0.261. The molecule has 0 radical (unpaired) electrons. The molecular weight excluding hydrogens is 428 g/mol. The van der Waals surface area contributed by atoms with Crippen LogP contribution < -0.4 is 15.4 Å². The lowest BCUT2D eigenvalue weighted by Gasteiger charge is -2.21. The first-order chi connectivity index (χ1) is 15.6. The Bertz CT molecular complexity index is 1030. The minimum absolute atomic E-state index is 0.0791. The van der Waals surface area contributed by atoms with Gasteiger partial charge in [0.2, 0.25) is 5.91 Å². The van der Waals surface area contributed by atoms with Crippen molar-refractivity contribution in [1.29, 1.82) is 0 Å². The second-order valence-corrected chi connectivity index (χ2v) is 7.71. The average molecular weight is 455 g/mol. The van der Waals surface area contributed by atoms with Gasteiger partial charge >= 0.3 is 0 Å². The lowest BCUT2D eigenvalue weighted by molar-refractivity contribution is -0.122. The Morgan fingerprint density at radius 3 is 2.56 bits per heavy atom. The second-order valence-electron chi connectivity index (χ2n) is 6.85. The zero-order chi connectivity index (χ0) is 22.8. The zero-order valence-electron chi connectivity index (χ0n) is 18.0. The number of rotatable bonds is 11. The number of carbonyl (C=O) groups is 2. The number of para-hydroxylation sites is 2. The van der Waals surface area contributed by atoms with Gasteiger partial charge in [0.05, 0.1) is 19.4 Å². The van der Waals surface area contributed by atoms with Crippen LogP contribution in [0.2, 0.25) is 0 Å². The van der Waals surface area contributed by atoms with Crippen molar-refractivity contribution in [3.05, 3.63) is 71.2 Å². The third kappa shape index (κ3) is 6.53. The summed E-state index contributed by atoms with van der Waals surface area (Å²) in [6.07, 6.45) is 0. The number of anilines is 2. The fourth-order valence-electron chi connectivity index (χ4n) is 2.98. The van der Waals surface area contributed by atoms with E-state index in [0.29, 0.717) is 30.6 Å². The van der Waals surface area contributed by atoms with Crippen molar-refractivity contribution in [3.63, 3.8) is 0 Å². The van der Waals surface area contributed by atoms with Gasteiger partial charge in [0.25, 0.3) is 5.91 Å². The fourth-order valence-corrected chi connectivity index (χ4v) is 3.68. The molecule has 32 heavy (non-hydrogen) atoms. The highest BCUT2D eigenvalue weighted by molar-refractivity contribution is 7.14. The highest BCUT2D eigenvalue weighted by Crippen LogP contribution is 2.28. The maximum atomic E-state index is 13.2. The predicted octanol–water partition coefficient (Wildman–Crippen LogP) is 3.30. The Morgan fingerprint density at radius 2 is 1.81 bits per heavy atom. The van der Waals surface area contributed by atoms with E-state index in [1.807, 2.05) is 54.6 Å². The molecule has 168 valence electrons. The molecule has 0 spiro atoms. The molecule has 0 fully saturated rings. The summed E-state index contributed by atoms with van der Waals surface area (Å²) in [5, 5.41) is 8.17. The monoisotopic (exact) mass is 454 g/mol. The SMILES string of the molecule is COCCNC(=O)CN(Cc1ccccc1)C(=O)c1csc(Nc2ccccc2OC)n1. The number of aromatic nitrogens is 1. The van der Waals surface area contributed by atoms with E-state index in [2.05, 4.69) is 15.6 Å². The molecule has 3 rings (SSSR count). The molecule has 0 aliphatic carbocycles. The van der Waals surface area contributed by atoms with Crippen LogP contribution in [-0.4, -0.2) is 55.6 Å². The van der Waals surface area contributed by atoms with Crippen molar-refractivity contribution in [1.82, 2.24) is 15.2 Å². The van der Waals surface area contributed by atoms with E-state index in [-0.39, 0.29) is 24.1 Å². The normalized spacial score (nSPS) is 10.4. The van der Waals surface area contributed by atoms with E-state index in [1.54, 1.807) is 19.6 Å². The number of methoxy groups -OCH3 is 2. The summed E-state index contributed by atoms with van der Waals surface area (Å²) in [5.41, 5.74) is 1.95. The number of hydrogen-bond donors (Lipinski definition) is 2. The van der Waals surface area contributed by atoms with Gasteiger partial charge < -0.3 is 25.0 Å². The molecule has 3 aromatic rings. The average Bonchev–Trinajstić information content (AvgIpc) is 3.28. The first kappa shape index (κ1) is 23.2. The minimum Gasteiger partial charge on any atom is -0.495 e. The zero-order valence-corrected chi connectivity index (χ0v) is 18.9. The molecular formula is C23H26N4O4S. The number of ether oxygens (including phenoxy) is 2. The van der Waals surface area contributed by atoms with E-state index in [9.17, 15) is 9.59 Å². The number of carbonyl (C=O) groups excluding carboxylic acids is 2. The topological polar surface area (TPSA) is 92.8 Å². The molecule has 0 bridgehead atoms. The van der Waals surface area contributed by atoms with Crippen molar-refractivity contribution in [2.75, 3.05) is 39.2 Å². The molecule has 8 nitrogen and oxygen atoms in total. The van der Waals surface area contributed by atoms with Crippen LogP contribution in [0.4, 0.5) is 10.8 Å². The standard InChI is InChI=1S/C23H26N4O4S/c1-30-13-12-24-21(28)15-27(14-17-8-4-3-5-9-17)22(29)19-16-32-23(26-19)25-18-10-6-7-11-20(18)31-2/h3-11,16H,12-15H2,1-2H3,(H,24,28)(H,25,26). The van der Waals surface area contributed by atoms with Gasteiger partial charge in [0, 0.05) is 25.6 Å². The first-order valence-corrected chi connectivity index (χ1v) is 10.9. The van der Waals surface area contributed by atoms with E-state index in [1.165, 1.54) is 16.2 Å². The van der Waals surface area contributed by atoms with Gasteiger partial charge in [0.1, 0.15) is 18.0 Å². The van der Waals surface area contributed by atoms with Gasteiger partial charge in [-0.15, -0.1) is 11.3 Å². The Morgan fingerprint density at radius 1 is 1.06 bits per heavy atom. The van der Waals surface area contributed by atoms with Crippen molar-refractivity contribution >= 4 is 34.0 Å². The summed E-state index contributed by atoms with van der Waals surface area (Å²) in [5.74, 6) is 0.100. The summed E-state index contributed by atoms with van der Waals surface area (Å²) >= 11 is 1.31. The van der Waals surface area contributed by atoms with E-state index in [0.717, 1.165) is 11.3 Å². The molecule has 1 aromatic heterocycles. The summed E-state index contributed by atoms with van der Waals surface area (Å²) in [6, 6.07) is 17.0. The molecule has 0 unspecified atom stereocenters. The number of hydrogen-bond acceptors (Lipinski definition) is 7. The predicted molar refractivity (Wildman–Crippen MR) is 124 cm³/mol. The largest absolute Gasteiger partial charge is 0.495 e. The summed E-state index contributed by atoms with van der Waals surface area (Å²) in [7, 11) is 3.16. The Balaban J connectivity index is 1.74. The second kappa shape index (κ2) is 11.8. The molecule has 0 aliphatic heterocycles. The van der Waals surface area contributed by atoms with Crippen LogP contribution >= 0.6 is 11.3 Å². The summed E-state index contributed by atoms with van der Waals surface area (Å²) < 4.78 is 10.3. The van der Waals surface area contributed by atoms with E-state index >= 15 is 0 Å². The third-order valence-electron chi connectivity index (χ3n) is 4.54. The number of thiazole rings is 1. The maximum absolute atomic E-state index is 13.2. The van der Waals surface area contributed by atoms with Gasteiger partial charge in [-0.25, -0.2) is 4.98 Å². The lowest BCUT2D eigenvalue weighted by Crippen LogP contribution is -2.41. The summed E-state index contributed by atoms with van der Waals surface area (Å²) in [4.78, 5) is 31.5. The third-order valence-corrected chi connectivity index (χ3v) is 5.30. The van der Waals surface area contributed by atoms with Gasteiger partial charge in [-0.1, -0.05) is 42.5 Å².